The first-order valence-electron chi connectivity index (χ1n) is 8.02. The zero-order valence-corrected chi connectivity index (χ0v) is 12.8. The Balaban J connectivity index is 1.81. The molecule has 0 radical (unpaired) electrons. The Morgan fingerprint density at radius 3 is 2.61 bits per heavy atom. The number of rotatable bonds is 4. The number of piperazine rings is 1. The van der Waals surface area contributed by atoms with E-state index in [2.05, 4.69) is 37.9 Å². The van der Waals surface area contributed by atoms with E-state index in [0.717, 1.165) is 29.8 Å². The summed E-state index contributed by atoms with van der Waals surface area (Å²) in [5.74, 6) is 2.75. The van der Waals surface area contributed by atoms with Crippen molar-refractivity contribution in [2.75, 3.05) is 19.6 Å². The van der Waals surface area contributed by atoms with E-state index in [9.17, 15) is 0 Å². The van der Waals surface area contributed by atoms with Crippen LogP contribution in [0.2, 0.25) is 0 Å². The summed E-state index contributed by atoms with van der Waals surface area (Å²) < 4.78 is 0. The van der Waals surface area contributed by atoms with Gasteiger partial charge in [-0.2, -0.15) is 0 Å². The molecule has 0 amide bonds. The first-order valence-corrected chi connectivity index (χ1v) is 8.02. The molecule has 2 fully saturated rings. The van der Waals surface area contributed by atoms with E-state index in [0.29, 0.717) is 0 Å². The third kappa shape index (κ3) is 3.96. The fraction of sp³-hybridized carbons (Fsp3) is 1.00. The summed E-state index contributed by atoms with van der Waals surface area (Å²) in [4.78, 5) is 2.76. The highest BCUT2D eigenvalue weighted by atomic mass is 15.2. The van der Waals surface area contributed by atoms with Gasteiger partial charge in [0, 0.05) is 31.7 Å². The average molecular weight is 252 g/mol. The summed E-state index contributed by atoms with van der Waals surface area (Å²) in [6.45, 7) is 13.3. The van der Waals surface area contributed by atoms with Crippen molar-refractivity contribution in [3.63, 3.8) is 0 Å². The molecule has 1 saturated heterocycles. The van der Waals surface area contributed by atoms with Gasteiger partial charge in [0.2, 0.25) is 0 Å². The highest BCUT2D eigenvalue weighted by Crippen LogP contribution is 2.31. The average Bonchev–Trinajstić information content (AvgIpc) is 2.68. The van der Waals surface area contributed by atoms with Crippen LogP contribution in [0, 0.1) is 17.8 Å². The van der Waals surface area contributed by atoms with Gasteiger partial charge in [-0.1, -0.05) is 27.2 Å². The molecule has 18 heavy (non-hydrogen) atoms. The largest absolute Gasteiger partial charge is 0.311 e. The predicted octanol–water partition coefficient (Wildman–Crippen LogP) is 3.13. The van der Waals surface area contributed by atoms with Crippen LogP contribution in [0.1, 0.15) is 53.4 Å². The maximum absolute atomic E-state index is 3.72. The highest BCUT2D eigenvalue weighted by molar-refractivity contribution is 4.86. The van der Waals surface area contributed by atoms with Gasteiger partial charge in [-0.15, -0.1) is 0 Å². The van der Waals surface area contributed by atoms with Crippen molar-refractivity contribution < 1.29 is 0 Å². The Morgan fingerprint density at radius 1 is 1.22 bits per heavy atom. The highest BCUT2D eigenvalue weighted by Gasteiger charge is 2.29. The molecule has 4 atom stereocenters. The quantitative estimate of drug-likeness (QED) is 0.827. The van der Waals surface area contributed by atoms with E-state index in [4.69, 9.17) is 0 Å². The van der Waals surface area contributed by atoms with E-state index >= 15 is 0 Å². The minimum absolute atomic E-state index is 0.722. The molecule has 4 unspecified atom stereocenters. The van der Waals surface area contributed by atoms with Crippen LogP contribution in [0.15, 0.2) is 0 Å². The second-order valence-corrected chi connectivity index (χ2v) is 7.32. The zero-order valence-electron chi connectivity index (χ0n) is 12.8. The van der Waals surface area contributed by atoms with Crippen molar-refractivity contribution >= 4 is 0 Å². The van der Waals surface area contributed by atoms with Gasteiger partial charge < -0.3 is 5.32 Å². The maximum Gasteiger partial charge on any atom is 0.0198 e. The Bertz CT molecular complexity index is 251. The van der Waals surface area contributed by atoms with Gasteiger partial charge in [-0.3, -0.25) is 4.90 Å². The van der Waals surface area contributed by atoms with E-state index in [-0.39, 0.29) is 0 Å². The molecule has 2 rings (SSSR count). The second-order valence-electron chi connectivity index (χ2n) is 7.32. The van der Waals surface area contributed by atoms with Gasteiger partial charge in [-0.25, -0.2) is 0 Å². The molecule has 2 aliphatic rings. The number of nitrogens with one attached hydrogen (secondary N) is 1. The van der Waals surface area contributed by atoms with Crippen molar-refractivity contribution in [1.29, 1.82) is 0 Å². The lowest BCUT2D eigenvalue weighted by Crippen LogP contribution is -2.56. The van der Waals surface area contributed by atoms with Gasteiger partial charge in [0.25, 0.3) is 0 Å². The number of hydrogen-bond donors (Lipinski definition) is 1. The Hall–Kier alpha value is -0.0800. The van der Waals surface area contributed by atoms with Gasteiger partial charge in [0.1, 0.15) is 0 Å². The first kappa shape index (κ1) is 14.3. The van der Waals surface area contributed by atoms with Gasteiger partial charge in [0.15, 0.2) is 0 Å². The molecule has 1 heterocycles. The van der Waals surface area contributed by atoms with Crippen molar-refractivity contribution in [1.82, 2.24) is 10.2 Å². The molecule has 106 valence electrons. The molecule has 0 bridgehead atoms. The van der Waals surface area contributed by atoms with E-state index < -0.39 is 0 Å². The van der Waals surface area contributed by atoms with Crippen molar-refractivity contribution in [2.24, 2.45) is 17.8 Å². The molecule has 1 aliphatic carbocycles. The lowest BCUT2D eigenvalue weighted by Gasteiger charge is -2.40. The summed E-state index contributed by atoms with van der Waals surface area (Å²) in [7, 11) is 0. The molecule has 0 aromatic carbocycles. The van der Waals surface area contributed by atoms with Gasteiger partial charge >= 0.3 is 0 Å². The molecular formula is C16H32N2. The third-order valence-corrected chi connectivity index (χ3v) is 4.83. The predicted molar refractivity (Wildman–Crippen MR) is 78.8 cm³/mol. The normalized spacial score (nSPS) is 38.5. The summed E-state index contributed by atoms with van der Waals surface area (Å²) >= 11 is 0. The van der Waals surface area contributed by atoms with Crippen LogP contribution in [0.5, 0.6) is 0 Å². The minimum atomic E-state index is 0.722. The van der Waals surface area contributed by atoms with E-state index in [1.54, 1.807) is 0 Å². The standard InChI is InChI=1S/C16H32N2/c1-12(2)7-16-11-18(14(4)9-17-16)10-15-6-5-13(3)8-15/h12-17H,5-11H2,1-4H3. The van der Waals surface area contributed by atoms with Crippen LogP contribution in [-0.2, 0) is 0 Å². The fourth-order valence-corrected chi connectivity index (χ4v) is 3.80. The number of nitrogens with zero attached hydrogens (tertiary/aromatic N) is 1. The minimum Gasteiger partial charge on any atom is -0.311 e. The van der Waals surface area contributed by atoms with E-state index in [1.807, 2.05) is 0 Å². The second kappa shape index (κ2) is 6.38. The van der Waals surface area contributed by atoms with Crippen LogP contribution >= 0.6 is 0 Å². The van der Waals surface area contributed by atoms with E-state index in [1.165, 1.54) is 45.3 Å². The Morgan fingerprint density at radius 2 is 2.00 bits per heavy atom. The Labute approximate surface area is 114 Å². The molecule has 2 nitrogen and oxygen atoms in total. The zero-order chi connectivity index (χ0) is 13.1. The molecule has 1 saturated carbocycles. The molecular weight excluding hydrogens is 220 g/mol. The SMILES string of the molecule is CC(C)CC1CN(CC2CCC(C)C2)C(C)CN1. The van der Waals surface area contributed by atoms with Crippen molar-refractivity contribution in [3.05, 3.63) is 0 Å². The summed E-state index contributed by atoms with van der Waals surface area (Å²) in [6.07, 6.45) is 5.71. The smallest absolute Gasteiger partial charge is 0.0198 e. The lowest BCUT2D eigenvalue weighted by atomic mass is 9.98. The molecule has 0 aromatic rings. The third-order valence-electron chi connectivity index (χ3n) is 4.83. The summed E-state index contributed by atoms with van der Waals surface area (Å²) in [5, 5.41) is 3.72. The van der Waals surface area contributed by atoms with Crippen LogP contribution in [0.4, 0.5) is 0 Å². The maximum atomic E-state index is 3.72. The molecule has 1 aliphatic heterocycles. The van der Waals surface area contributed by atoms with Crippen LogP contribution in [0.25, 0.3) is 0 Å². The summed E-state index contributed by atoms with van der Waals surface area (Å²) in [5.41, 5.74) is 0. The van der Waals surface area contributed by atoms with Crippen LogP contribution < -0.4 is 5.32 Å². The van der Waals surface area contributed by atoms with Crippen LogP contribution in [0.3, 0.4) is 0 Å². The molecule has 0 spiro atoms. The number of hydrogen-bond acceptors (Lipinski definition) is 2. The molecule has 2 heteroatoms. The lowest BCUT2D eigenvalue weighted by molar-refractivity contribution is 0.112. The molecule has 0 aromatic heterocycles. The van der Waals surface area contributed by atoms with Crippen molar-refractivity contribution in [2.45, 2.75) is 65.5 Å². The monoisotopic (exact) mass is 252 g/mol. The van der Waals surface area contributed by atoms with Gasteiger partial charge in [0.05, 0.1) is 0 Å². The van der Waals surface area contributed by atoms with Crippen molar-refractivity contribution in [3.8, 4) is 0 Å². The molecule has 1 N–H and O–H groups in total. The topological polar surface area (TPSA) is 15.3 Å². The summed E-state index contributed by atoms with van der Waals surface area (Å²) in [6, 6.07) is 1.45. The van der Waals surface area contributed by atoms with Gasteiger partial charge in [-0.05, 0) is 43.9 Å². The Kier molecular flexibility index (Phi) is 5.08. The van der Waals surface area contributed by atoms with Crippen LogP contribution in [-0.4, -0.2) is 36.6 Å². The first-order chi connectivity index (χ1) is 8.54. The fourth-order valence-electron chi connectivity index (χ4n) is 3.80.